The summed E-state index contributed by atoms with van der Waals surface area (Å²) >= 11 is 0. The molecule has 7 nitrogen and oxygen atoms in total. The van der Waals surface area contributed by atoms with E-state index in [9.17, 15) is 13.2 Å². The van der Waals surface area contributed by atoms with Gasteiger partial charge in [0, 0.05) is 23.2 Å². The number of anilines is 1. The summed E-state index contributed by atoms with van der Waals surface area (Å²) in [5.74, 6) is 0.324. The molecule has 0 saturated carbocycles. The molecule has 10 heteroatoms. The zero-order valence-electron chi connectivity index (χ0n) is 14.4. The van der Waals surface area contributed by atoms with E-state index >= 15 is 0 Å². The topological polar surface area (TPSA) is 80.6 Å². The fourth-order valence-electron chi connectivity index (χ4n) is 2.78. The van der Waals surface area contributed by atoms with Crippen LogP contribution in [0.1, 0.15) is 5.56 Å². The monoisotopic (exact) mass is 388 g/mol. The molecular formula is C18H15F3N6O. The zero-order chi connectivity index (χ0) is 19.5. The smallest absolute Gasteiger partial charge is 0.272 e. The molecule has 0 fully saturated rings. The maximum atomic E-state index is 13.6. The average Bonchev–Trinajstić information content (AvgIpc) is 3.34. The summed E-state index contributed by atoms with van der Waals surface area (Å²) in [6.45, 7) is -0.556. The van der Waals surface area contributed by atoms with Crippen LogP contribution in [0.4, 0.5) is 18.9 Å². The number of rotatable bonds is 7. The average molecular weight is 388 g/mol. The van der Waals surface area contributed by atoms with Crippen molar-refractivity contribution in [2.24, 2.45) is 0 Å². The molecule has 0 spiro atoms. The molecule has 0 unspecified atom stereocenters. The largest absolute Gasteiger partial charge is 0.487 e. The second-order valence-corrected chi connectivity index (χ2v) is 5.96. The van der Waals surface area contributed by atoms with E-state index in [1.165, 1.54) is 35.5 Å². The molecule has 0 bridgehead atoms. The van der Waals surface area contributed by atoms with Crippen LogP contribution in [0.15, 0.2) is 49.1 Å². The Labute approximate surface area is 157 Å². The maximum absolute atomic E-state index is 13.6. The summed E-state index contributed by atoms with van der Waals surface area (Å²) in [5.41, 5.74) is 1.98. The van der Waals surface area contributed by atoms with Gasteiger partial charge in [0.2, 0.25) is 0 Å². The quantitative estimate of drug-likeness (QED) is 0.506. The van der Waals surface area contributed by atoms with Gasteiger partial charge in [0.15, 0.2) is 5.82 Å². The van der Waals surface area contributed by atoms with Crippen molar-refractivity contribution in [3.05, 3.63) is 60.4 Å². The van der Waals surface area contributed by atoms with Crippen molar-refractivity contribution in [2.75, 3.05) is 11.9 Å². The Bertz CT molecular complexity index is 1080. The number of benzene rings is 2. The summed E-state index contributed by atoms with van der Waals surface area (Å²) < 4.78 is 45.0. The summed E-state index contributed by atoms with van der Waals surface area (Å²) in [6.07, 6.45) is 0.340. The van der Waals surface area contributed by atoms with Crippen molar-refractivity contribution in [3.63, 3.8) is 0 Å². The van der Waals surface area contributed by atoms with Crippen LogP contribution in [0, 0.1) is 5.82 Å². The number of nitrogens with zero attached hydrogens (tertiary/aromatic N) is 4. The lowest BCUT2D eigenvalue weighted by molar-refractivity contribution is 0.0814. The lowest BCUT2D eigenvalue weighted by Crippen LogP contribution is -2.10. The normalized spacial score (nSPS) is 11.3. The fourth-order valence-corrected chi connectivity index (χ4v) is 2.78. The van der Waals surface area contributed by atoms with Crippen LogP contribution in [0.5, 0.6) is 5.75 Å². The molecule has 2 aromatic heterocycles. The number of ether oxygens (including phenoxy) is 1. The highest BCUT2D eigenvalue weighted by molar-refractivity contribution is 5.88. The van der Waals surface area contributed by atoms with E-state index in [0.717, 1.165) is 16.6 Å². The lowest BCUT2D eigenvalue weighted by Gasteiger charge is -2.13. The fraction of sp³-hybridized carbons (Fsp3) is 0.167. The van der Waals surface area contributed by atoms with Crippen molar-refractivity contribution in [1.82, 2.24) is 25.0 Å². The third-order valence-corrected chi connectivity index (χ3v) is 4.05. The Balaban J connectivity index is 1.56. The molecular weight excluding hydrogens is 373 g/mol. The first-order valence-corrected chi connectivity index (χ1v) is 8.36. The van der Waals surface area contributed by atoms with Gasteiger partial charge in [-0.2, -0.15) is 10.2 Å². The highest BCUT2D eigenvalue weighted by Crippen LogP contribution is 2.25. The van der Waals surface area contributed by atoms with Gasteiger partial charge in [-0.15, -0.1) is 0 Å². The van der Waals surface area contributed by atoms with E-state index in [4.69, 9.17) is 4.74 Å². The second-order valence-electron chi connectivity index (χ2n) is 5.96. The SMILES string of the molecule is Fc1ccc(OCC(F)F)c(CNc2ccc3[nH]nc(-n4cncn4)c3c2)c1. The predicted molar refractivity (Wildman–Crippen MR) is 96.2 cm³/mol. The van der Waals surface area contributed by atoms with Crippen LogP contribution >= 0.6 is 0 Å². The molecule has 2 heterocycles. The molecule has 4 rings (SSSR count). The Morgan fingerprint density at radius 3 is 2.86 bits per heavy atom. The predicted octanol–water partition coefficient (Wildman–Crippen LogP) is 3.54. The number of H-pyrrole nitrogens is 1. The number of hydrogen-bond donors (Lipinski definition) is 2. The third kappa shape index (κ3) is 3.75. The molecule has 0 saturated heterocycles. The van der Waals surface area contributed by atoms with Gasteiger partial charge in [0.1, 0.15) is 30.8 Å². The van der Waals surface area contributed by atoms with Crippen molar-refractivity contribution in [3.8, 4) is 11.6 Å². The van der Waals surface area contributed by atoms with E-state index in [1.807, 2.05) is 18.2 Å². The Morgan fingerprint density at radius 2 is 2.07 bits per heavy atom. The minimum Gasteiger partial charge on any atom is -0.487 e. The number of nitrogens with one attached hydrogen (secondary N) is 2. The van der Waals surface area contributed by atoms with Crippen LogP contribution < -0.4 is 10.1 Å². The second kappa shape index (κ2) is 7.59. The molecule has 0 aliphatic rings. The van der Waals surface area contributed by atoms with Gasteiger partial charge in [-0.3, -0.25) is 5.10 Å². The van der Waals surface area contributed by atoms with Gasteiger partial charge in [0.05, 0.1) is 5.52 Å². The van der Waals surface area contributed by atoms with E-state index in [-0.39, 0.29) is 12.3 Å². The molecule has 0 amide bonds. The number of aromatic amines is 1. The van der Waals surface area contributed by atoms with Crippen LogP contribution in [-0.2, 0) is 6.54 Å². The van der Waals surface area contributed by atoms with Crippen LogP contribution in [0.2, 0.25) is 0 Å². The molecule has 2 N–H and O–H groups in total. The Hall–Kier alpha value is -3.56. The van der Waals surface area contributed by atoms with Crippen LogP contribution in [0.25, 0.3) is 16.7 Å². The van der Waals surface area contributed by atoms with Crippen LogP contribution in [-0.4, -0.2) is 38.0 Å². The molecule has 144 valence electrons. The molecule has 0 aliphatic carbocycles. The van der Waals surface area contributed by atoms with Gasteiger partial charge in [0.25, 0.3) is 6.43 Å². The highest BCUT2D eigenvalue weighted by Gasteiger charge is 2.11. The van der Waals surface area contributed by atoms with E-state index in [2.05, 4.69) is 25.6 Å². The molecule has 0 radical (unpaired) electrons. The molecule has 28 heavy (non-hydrogen) atoms. The first kappa shape index (κ1) is 17.8. The molecule has 0 atom stereocenters. The van der Waals surface area contributed by atoms with Crippen molar-refractivity contribution >= 4 is 16.6 Å². The lowest BCUT2D eigenvalue weighted by atomic mass is 10.1. The van der Waals surface area contributed by atoms with Gasteiger partial charge in [-0.05, 0) is 36.4 Å². The third-order valence-electron chi connectivity index (χ3n) is 4.05. The summed E-state index contributed by atoms with van der Waals surface area (Å²) in [6, 6.07) is 9.29. The molecule has 0 aliphatic heterocycles. The Kier molecular flexibility index (Phi) is 4.83. The first-order chi connectivity index (χ1) is 13.6. The summed E-state index contributed by atoms with van der Waals surface area (Å²) in [7, 11) is 0. The Morgan fingerprint density at radius 1 is 1.18 bits per heavy atom. The summed E-state index contributed by atoms with van der Waals surface area (Å²) in [5, 5.41) is 15.2. The molecule has 4 aromatic rings. The van der Waals surface area contributed by atoms with Gasteiger partial charge in [-0.25, -0.2) is 22.8 Å². The van der Waals surface area contributed by atoms with Gasteiger partial charge < -0.3 is 10.1 Å². The number of halogens is 3. The van der Waals surface area contributed by atoms with Crippen molar-refractivity contribution in [1.29, 1.82) is 0 Å². The van der Waals surface area contributed by atoms with E-state index in [1.54, 1.807) is 0 Å². The summed E-state index contributed by atoms with van der Waals surface area (Å²) in [4.78, 5) is 3.91. The number of fused-ring (bicyclic) bond motifs is 1. The van der Waals surface area contributed by atoms with Gasteiger partial charge in [-0.1, -0.05) is 0 Å². The van der Waals surface area contributed by atoms with Gasteiger partial charge >= 0.3 is 0 Å². The zero-order valence-corrected chi connectivity index (χ0v) is 14.4. The number of hydrogen-bond acceptors (Lipinski definition) is 5. The minimum absolute atomic E-state index is 0.193. The number of alkyl halides is 2. The standard InChI is InChI=1S/C18H15F3N6O/c19-12-1-4-16(28-8-17(20)21)11(5-12)7-23-13-2-3-15-14(6-13)18(26-25-15)27-10-22-9-24-27/h1-6,9-10,17,23H,7-8H2,(H,25,26). The van der Waals surface area contributed by atoms with Crippen molar-refractivity contribution in [2.45, 2.75) is 13.0 Å². The number of aromatic nitrogens is 5. The molecule has 2 aromatic carbocycles. The minimum atomic E-state index is -2.61. The highest BCUT2D eigenvalue weighted by atomic mass is 19.3. The maximum Gasteiger partial charge on any atom is 0.272 e. The first-order valence-electron chi connectivity index (χ1n) is 8.36. The van der Waals surface area contributed by atoms with Crippen molar-refractivity contribution < 1.29 is 17.9 Å². The van der Waals surface area contributed by atoms with E-state index < -0.39 is 18.8 Å². The van der Waals surface area contributed by atoms with E-state index in [0.29, 0.717) is 11.4 Å². The van der Waals surface area contributed by atoms with Crippen LogP contribution in [0.3, 0.4) is 0 Å².